The summed E-state index contributed by atoms with van der Waals surface area (Å²) in [5.74, 6) is -0.325. The Morgan fingerprint density at radius 1 is 1.06 bits per heavy atom. The number of ether oxygens (including phenoxy) is 2. The second-order valence-corrected chi connectivity index (χ2v) is 7.82. The number of likely N-dealkylation sites (N-methyl/N-ethyl adjacent to an activating group) is 1. The molecule has 1 heterocycles. The van der Waals surface area contributed by atoms with Crippen LogP contribution in [0.5, 0.6) is 11.5 Å². The number of hydrogen-bond donors (Lipinski definition) is 3. The fraction of sp³-hybridized carbons (Fsp3) is 0.208. The van der Waals surface area contributed by atoms with Gasteiger partial charge in [-0.2, -0.15) is 0 Å². The summed E-state index contributed by atoms with van der Waals surface area (Å²) >= 11 is 6.64. The van der Waals surface area contributed by atoms with Gasteiger partial charge < -0.3 is 24.9 Å². The Balaban J connectivity index is 2.01. The zero-order valence-electron chi connectivity index (χ0n) is 19.7. The van der Waals surface area contributed by atoms with E-state index in [1.54, 1.807) is 42.5 Å². The van der Waals surface area contributed by atoms with Gasteiger partial charge in [-0.15, -0.1) is 0 Å². The molecule has 0 bridgehead atoms. The fourth-order valence-electron chi connectivity index (χ4n) is 3.34. The average Bonchev–Trinajstić information content (AvgIpc) is 3.41. The molecule has 1 unspecified atom stereocenters. The molecule has 35 heavy (non-hydrogen) atoms. The van der Waals surface area contributed by atoms with Crippen LogP contribution in [0.15, 0.2) is 59.2 Å². The average molecular weight is 500 g/mol. The maximum absolute atomic E-state index is 13.7. The van der Waals surface area contributed by atoms with E-state index in [4.69, 9.17) is 36.6 Å². The summed E-state index contributed by atoms with van der Waals surface area (Å²) in [5, 5.41) is 13.2. The van der Waals surface area contributed by atoms with Crippen molar-refractivity contribution in [1.29, 1.82) is 5.41 Å². The molecule has 184 valence electrons. The molecule has 1 aromatic heterocycles. The molecule has 2 aromatic carbocycles. The van der Waals surface area contributed by atoms with E-state index in [2.05, 4.69) is 5.32 Å². The van der Waals surface area contributed by atoms with Gasteiger partial charge in [0.2, 0.25) is 0 Å². The number of nitrogens with two attached hydrogens (primary N) is 1. The van der Waals surface area contributed by atoms with Gasteiger partial charge >= 0.3 is 5.91 Å². The third-order valence-corrected chi connectivity index (χ3v) is 5.76. The van der Waals surface area contributed by atoms with E-state index < -0.39 is 17.9 Å². The Bertz CT molecular complexity index is 1210. The van der Waals surface area contributed by atoms with Crippen molar-refractivity contribution >= 4 is 34.9 Å². The van der Waals surface area contributed by atoms with Gasteiger partial charge in [0.05, 0.1) is 25.5 Å². The van der Waals surface area contributed by atoms with Gasteiger partial charge in [0, 0.05) is 30.9 Å². The maximum Gasteiger partial charge on any atom is 0.307 e. The smallest absolute Gasteiger partial charge is 0.307 e. The molecule has 2 amide bonds. The zero-order chi connectivity index (χ0) is 25.7. The molecule has 10 nitrogen and oxygen atoms in total. The number of nitrogens with zero attached hydrogens (tertiary/aromatic N) is 2. The molecule has 3 aromatic rings. The minimum atomic E-state index is -1.03. The number of hydrogen-bond acceptors (Lipinski definition) is 7. The number of nitrogens with one attached hydrogen (secondary N) is 2. The van der Waals surface area contributed by atoms with Crippen LogP contribution in [-0.4, -0.2) is 56.0 Å². The molecule has 0 saturated carbocycles. The Morgan fingerprint density at radius 2 is 1.74 bits per heavy atom. The fourth-order valence-corrected chi connectivity index (χ4v) is 3.69. The standard InChI is InChI=1S/C24H26ClN5O5/c1-29(23(31)18-6-5-13-35-18)30(2)24(32)20(28-15-9-7-14(8-10-15)22(26)27)16-11-12-17(33-3)21(34-4)19(16)25/h5-13,20,28H,1-4H3,(H3,26,27). The maximum atomic E-state index is 13.7. The summed E-state index contributed by atoms with van der Waals surface area (Å²) in [6.45, 7) is 0. The van der Waals surface area contributed by atoms with E-state index in [-0.39, 0.29) is 22.4 Å². The molecule has 3 rings (SSSR count). The topological polar surface area (TPSA) is 134 Å². The second-order valence-electron chi connectivity index (χ2n) is 7.44. The highest BCUT2D eigenvalue weighted by Crippen LogP contribution is 2.41. The molecule has 0 aliphatic rings. The van der Waals surface area contributed by atoms with Crippen LogP contribution in [0.25, 0.3) is 0 Å². The normalized spacial score (nSPS) is 11.3. The van der Waals surface area contributed by atoms with Crippen LogP contribution < -0.4 is 20.5 Å². The summed E-state index contributed by atoms with van der Waals surface area (Å²) in [6.07, 6.45) is 1.38. The predicted molar refractivity (Wildman–Crippen MR) is 132 cm³/mol. The Labute approximate surface area is 207 Å². The first-order valence-corrected chi connectivity index (χ1v) is 10.8. The van der Waals surface area contributed by atoms with Crippen molar-refractivity contribution in [1.82, 2.24) is 10.0 Å². The molecule has 0 aliphatic heterocycles. The molecule has 0 saturated heterocycles. The van der Waals surface area contributed by atoms with E-state index in [0.717, 1.165) is 5.01 Å². The first kappa shape index (κ1) is 25.4. The van der Waals surface area contributed by atoms with Crippen LogP contribution in [0.4, 0.5) is 5.69 Å². The number of benzene rings is 2. The van der Waals surface area contributed by atoms with Crippen molar-refractivity contribution < 1.29 is 23.5 Å². The van der Waals surface area contributed by atoms with Crippen LogP contribution in [-0.2, 0) is 4.79 Å². The second kappa shape index (κ2) is 10.8. The number of amides is 2. The van der Waals surface area contributed by atoms with Crippen LogP contribution in [0, 0.1) is 5.41 Å². The lowest BCUT2D eigenvalue weighted by Gasteiger charge is -2.32. The highest BCUT2D eigenvalue weighted by molar-refractivity contribution is 6.33. The number of halogens is 1. The molecular formula is C24H26ClN5O5. The van der Waals surface area contributed by atoms with Crippen molar-refractivity contribution in [3.63, 3.8) is 0 Å². The molecule has 4 N–H and O–H groups in total. The minimum Gasteiger partial charge on any atom is -0.493 e. The molecule has 11 heteroatoms. The van der Waals surface area contributed by atoms with E-state index in [1.165, 1.54) is 45.7 Å². The third kappa shape index (κ3) is 5.33. The minimum absolute atomic E-state index is 0.0788. The molecule has 0 spiro atoms. The van der Waals surface area contributed by atoms with Crippen LogP contribution in [0.1, 0.15) is 27.7 Å². The summed E-state index contributed by atoms with van der Waals surface area (Å²) < 4.78 is 15.9. The van der Waals surface area contributed by atoms with Gasteiger partial charge in [-0.3, -0.25) is 20.0 Å². The number of carbonyl (C=O) groups is 2. The van der Waals surface area contributed by atoms with Crippen molar-refractivity contribution in [2.45, 2.75) is 6.04 Å². The highest BCUT2D eigenvalue weighted by atomic mass is 35.5. The summed E-state index contributed by atoms with van der Waals surface area (Å²) in [6, 6.07) is 12.0. The van der Waals surface area contributed by atoms with E-state index >= 15 is 0 Å². The van der Waals surface area contributed by atoms with Gasteiger partial charge in [0.1, 0.15) is 11.9 Å². The number of hydrazine groups is 1. The lowest BCUT2D eigenvalue weighted by atomic mass is 10.0. The SMILES string of the molecule is COc1ccc(C(Nc2ccc(C(=N)N)cc2)C(=O)N(C)N(C)C(=O)c2ccco2)c(Cl)c1OC. The Morgan fingerprint density at radius 3 is 2.29 bits per heavy atom. The molecule has 0 fully saturated rings. The predicted octanol–water partition coefficient (Wildman–Crippen LogP) is 3.53. The highest BCUT2D eigenvalue weighted by Gasteiger charge is 2.32. The quantitative estimate of drug-likeness (QED) is 0.245. The number of rotatable bonds is 8. The van der Waals surface area contributed by atoms with Gasteiger partial charge in [-0.25, -0.2) is 5.01 Å². The number of furan rings is 1. The van der Waals surface area contributed by atoms with Gasteiger partial charge in [-0.1, -0.05) is 17.7 Å². The zero-order valence-corrected chi connectivity index (χ0v) is 20.4. The van der Waals surface area contributed by atoms with Crippen molar-refractivity contribution in [2.24, 2.45) is 5.73 Å². The van der Waals surface area contributed by atoms with E-state index in [1.807, 2.05) is 0 Å². The Kier molecular flexibility index (Phi) is 7.87. The van der Waals surface area contributed by atoms with Gasteiger partial charge in [0.15, 0.2) is 17.3 Å². The van der Waals surface area contributed by atoms with E-state index in [0.29, 0.717) is 22.6 Å². The summed E-state index contributed by atoms with van der Waals surface area (Å²) in [4.78, 5) is 26.4. The van der Waals surface area contributed by atoms with Crippen LogP contribution in [0.2, 0.25) is 5.02 Å². The van der Waals surface area contributed by atoms with Gasteiger partial charge in [-0.05, 0) is 42.5 Å². The summed E-state index contributed by atoms with van der Waals surface area (Å²) in [5.41, 5.74) is 7.03. The van der Waals surface area contributed by atoms with Crippen LogP contribution >= 0.6 is 11.6 Å². The number of nitrogen functional groups attached to an aromatic ring is 1. The molecule has 0 radical (unpaired) electrons. The monoisotopic (exact) mass is 499 g/mol. The van der Waals surface area contributed by atoms with Crippen LogP contribution in [0.3, 0.4) is 0 Å². The number of methoxy groups -OCH3 is 2. The lowest BCUT2D eigenvalue weighted by Crippen LogP contribution is -2.48. The first-order chi connectivity index (χ1) is 16.7. The molecular weight excluding hydrogens is 474 g/mol. The van der Waals surface area contributed by atoms with Crippen molar-refractivity contribution in [3.8, 4) is 11.5 Å². The largest absolute Gasteiger partial charge is 0.493 e. The third-order valence-electron chi connectivity index (χ3n) is 5.37. The first-order valence-electron chi connectivity index (χ1n) is 10.4. The molecule has 0 aliphatic carbocycles. The summed E-state index contributed by atoms with van der Waals surface area (Å²) in [7, 11) is 5.84. The Hall–Kier alpha value is -4.18. The number of carbonyl (C=O) groups excluding carboxylic acids is 2. The van der Waals surface area contributed by atoms with Crippen molar-refractivity contribution in [2.75, 3.05) is 33.6 Å². The van der Waals surface area contributed by atoms with Crippen molar-refractivity contribution in [3.05, 3.63) is 76.7 Å². The number of anilines is 1. The lowest BCUT2D eigenvalue weighted by molar-refractivity contribution is -0.141. The number of amidine groups is 1. The van der Waals surface area contributed by atoms with E-state index in [9.17, 15) is 9.59 Å². The molecule has 1 atom stereocenters. The van der Waals surface area contributed by atoms with Gasteiger partial charge in [0.25, 0.3) is 5.91 Å².